The Kier molecular flexibility index (Phi) is 6.10. The van der Waals surface area contributed by atoms with Crippen LogP contribution in [-0.4, -0.2) is 29.4 Å². The molecular formula is C21H22FN3O4S. The summed E-state index contributed by atoms with van der Waals surface area (Å²) in [5, 5.41) is 4.00. The summed E-state index contributed by atoms with van der Waals surface area (Å²) in [6, 6.07) is 14.3. The van der Waals surface area contributed by atoms with Gasteiger partial charge in [0.25, 0.3) is 5.89 Å². The predicted octanol–water partition coefficient (Wildman–Crippen LogP) is 3.84. The van der Waals surface area contributed by atoms with Gasteiger partial charge in [-0.1, -0.05) is 41.9 Å². The molecule has 0 radical (unpaired) electrons. The molecule has 158 valence electrons. The first-order valence-electron chi connectivity index (χ1n) is 9.75. The molecule has 30 heavy (non-hydrogen) atoms. The fourth-order valence-corrected chi connectivity index (χ4v) is 5.28. The Morgan fingerprint density at radius 1 is 1.10 bits per heavy atom. The van der Waals surface area contributed by atoms with Gasteiger partial charge in [-0.25, -0.2) is 12.8 Å². The van der Waals surface area contributed by atoms with Crippen LogP contribution in [0.3, 0.4) is 0 Å². The maximum atomic E-state index is 13.1. The lowest BCUT2D eigenvalue weighted by molar-refractivity contribution is 0.231. The van der Waals surface area contributed by atoms with Crippen LogP contribution in [0.4, 0.5) is 4.39 Å². The zero-order valence-electron chi connectivity index (χ0n) is 16.3. The lowest BCUT2D eigenvalue weighted by atomic mass is 10.0. The highest BCUT2D eigenvalue weighted by molar-refractivity contribution is 7.88. The van der Waals surface area contributed by atoms with E-state index < -0.39 is 16.1 Å². The van der Waals surface area contributed by atoms with Crippen molar-refractivity contribution in [3.63, 3.8) is 0 Å². The molecule has 1 saturated heterocycles. The second kappa shape index (κ2) is 8.93. The van der Waals surface area contributed by atoms with Gasteiger partial charge in [-0.15, -0.1) is 0 Å². The van der Waals surface area contributed by atoms with Crippen molar-refractivity contribution >= 4 is 10.0 Å². The van der Waals surface area contributed by atoms with Crippen molar-refractivity contribution in [1.29, 1.82) is 0 Å². The Hall–Kier alpha value is -2.78. The molecule has 1 aliphatic rings. The van der Waals surface area contributed by atoms with Crippen molar-refractivity contribution in [2.45, 2.75) is 37.7 Å². The maximum Gasteiger partial charge on any atom is 0.264 e. The van der Waals surface area contributed by atoms with Gasteiger partial charge < -0.3 is 9.26 Å². The van der Waals surface area contributed by atoms with Gasteiger partial charge in [0.1, 0.15) is 11.6 Å². The smallest absolute Gasteiger partial charge is 0.264 e. The van der Waals surface area contributed by atoms with Crippen molar-refractivity contribution in [3.05, 3.63) is 77.7 Å². The molecule has 9 heteroatoms. The van der Waals surface area contributed by atoms with E-state index in [4.69, 9.17) is 9.26 Å². The summed E-state index contributed by atoms with van der Waals surface area (Å²) in [5.41, 5.74) is 0.739. The number of benzene rings is 2. The van der Waals surface area contributed by atoms with E-state index in [0.29, 0.717) is 24.5 Å². The first-order valence-corrected chi connectivity index (χ1v) is 11.4. The van der Waals surface area contributed by atoms with E-state index in [1.54, 1.807) is 12.1 Å². The van der Waals surface area contributed by atoms with Gasteiger partial charge in [-0.2, -0.15) is 9.29 Å². The van der Waals surface area contributed by atoms with E-state index in [0.717, 1.165) is 18.4 Å². The highest BCUT2D eigenvalue weighted by atomic mass is 32.2. The quantitative estimate of drug-likeness (QED) is 0.565. The summed E-state index contributed by atoms with van der Waals surface area (Å²) in [6.07, 6.45) is 2.31. The lowest BCUT2D eigenvalue weighted by Gasteiger charge is -2.32. The molecule has 7 nitrogen and oxygen atoms in total. The Morgan fingerprint density at radius 2 is 1.87 bits per heavy atom. The van der Waals surface area contributed by atoms with Gasteiger partial charge in [0.15, 0.2) is 12.4 Å². The average Bonchev–Trinajstić information content (AvgIpc) is 3.23. The van der Waals surface area contributed by atoms with Crippen LogP contribution >= 0.6 is 0 Å². The molecule has 0 saturated carbocycles. The summed E-state index contributed by atoms with van der Waals surface area (Å²) in [6.45, 7) is 0.442. The molecule has 1 aromatic heterocycles. The summed E-state index contributed by atoms with van der Waals surface area (Å²) in [5.74, 6) is 0.629. The standard InChI is InChI=1S/C21H22FN3O4S/c22-17-9-11-18(12-10-17)28-14-20-23-21(24-29-20)19-8-4-5-13-25(19)30(26,27)15-16-6-2-1-3-7-16/h1-3,6-7,9-12,19H,4-5,8,13-15H2. The third kappa shape index (κ3) is 4.85. The van der Waals surface area contributed by atoms with Crippen molar-refractivity contribution in [2.75, 3.05) is 6.54 Å². The highest BCUT2D eigenvalue weighted by Gasteiger charge is 2.36. The zero-order chi connectivity index (χ0) is 21.0. The molecule has 3 aromatic rings. The van der Waals surface area contributed by atoms with E-state index in [2.05, 4.69) is 10.1 Å². The molecule has 0 N–H and O–H groups in total. The summed E-state index contributed by atoms with van der Waals surface area (Å²) < 4.78 is 51.4. The minimum absolute atomic E-state index is 0.0160. The van der Waals surface area contributed by atoms with E-state index in [9.17, 15) is 12.8 Å². The van der Waals surface area contributed by atoms with Crippen LogP contribution in [0.25, 0.3) is 0 Å². The van der Waals surface area contributed by atoms with E-state index >= 15 is 0 Å². The zero-order valence-corrected chi connectivity index (χ0v) is 17.1. The number of aromatic nitrogens is 2. The van der Waals surface area contributed by atoms with Gasteiger partial charge >= 0.3 is 0 Å². The summed E-state index contributed by atoms with van der Waals surface area (Å²) >= 11 is 0. The number of ether oxygens (including phenoxy) is 1. The minimum atomic E-state index is -3.54. The Balaban J connectivity index is 1.47. The highest BCUT2D eigenvalue weighted by Crippen LogP contribution is 2.32. The van der Waals surface area contributed by atoms with Crippen LogP contribution in [0.5, 0.6) is 5.75 Å². The van der Waals surface area contributed by atoms with E-state index in [-0.39, 0.29) is 24.1 Å². The first kappa shape index (κ1) is 20.5. The first-order chi connectivity index (χ1) is 14.5. The van der Waals surface area contributed by atoms with Crippen molar-refractivity contribution in [3.8, 4) is 5.75 Å². The molecule has 4 rings (SSSR count). The number of nitrogens with zero attached hydrogens (tertiary/aromatic N) is 3. The molecule has 1 atom stereocenters. The largest absolute Gasteiger partial charge is 0.484 e. The molecule has 2 heterocycles. The SMILES string of the molecule is O=S(=O)(Cc1ccccc1)N1CCCCC1c1noc(COc2ccc(F)cc2)n1. The van der Waals surface area contributed by atoms with Crippen LogP contribution in [0.15, 0.2) is 59.1 Å². The number of hydrogen-bond donors (Lipinski definition) is 0. The number of halogens is 1. The molecule has 2 aromatic carbocycles. The van der Waals surface area contributed by atoms with E-state index in [1.165, 1.54) is 28.6 Å². The number of rotatable bonds is 7. The fourth-order valence-electron chi connectivity index (χ4n) is 3.50. The second-order valence-electron chi connectivity index (χ2n) is 7.15. The molecule has 0 amide bonds. The normalized spacial score (nSPS) is 17.7. The van der Waals surface area contributed by atoms with Gasteiger partial charge in [0.05, 0.1) is 11.8 Å². The van der Waals surface area contributed by atoms with Crippen LogP contribution in [-0.2, 0) is 22.4 Å². The molecule has 1 fully saturated rings. The van der Waals surface area contributed by atoms with Crippen molar-refractivity contribution in [1.82, 2.24) is 14.4 Å². The van der Waals surface area contributed by atoms with Gasteiger partial charge in [0, 0.05) is 6.54 Å². The molecule has 0 bridgehead atoms. The third-order valence-corrected chi connectivity index (χ3v) is 6.81. The molecule has 1 unspecified atom stereocenters. The van der Waals surface area contributed by atoms with Gasteiger partial charge in [-0.3, -0.25) is 0 Å². The van der Waals surface area contributed by atoms with Crippen LogP contribution < -0.4 is 4.74 Å². The number of sulfonamides is 1. The lowest BCUT2D eigenvalue weighted by Crippen LogP contribution is -2.39. The van der Waals surface area contributed by atoms with Crippen LogP contribution in [0.1, 0.15) is 42.6 Å². The van der Waals surface area contributed by atoms with E-state index in [1.807, 2.05) is 18.2 Å². The van der Waals surface area contributed by atoms with Crippen LogP contribution in [0.2, 0.25) is 0 Å². The predicted molar refractivity (Wildman–Crippen MR) is 107 cm³/mol. The van der Waals surface area contributed by atoms with Crippen LogP contribution in [0, 0.1) is 5.82 Å². The summed E-state index contributed by atoms with van der Waals surface area (Å²) in [4.78, 5) is 4.35. The monoisotopic (exact) mass is 431 g/mol. The number of piperidine rings is 1. The molecular weight excluding hydrogens is 409 g/mol. The van der Waals surface area contributed by atoms with Crippen molar-refractivity contribution in [2.24, 2.45) is 0 Å². The van der Waals surface area contributed by atoms with Gasteiger partial charge in [0.2, 0.25) is 10.0 Å². The molecule has 1 aliphatic heterocycles. The number of hydrogen-bond acceptors (Lipinski definition) is 6. The Morgan fingerprint density at radius 3 is 2.63 bits per heavy atom. The third-order valence-electron chi connectivity index (χ3n) is 4.96. The molecule has 0 spiro atoms. The molecule has 0 aliphatic carbocycles. The Bertz CT molecular complexity index is 1070. The minimum Gasteiger partial charge on any atom is -0.484 e. The Labute approximate surface area is 174 Å². The topological polar surface area (TPSA) is 85.5 Å². The second-order valence-corrected chi connectivity index (χ2v) is 9.07. The fraction of sp³-hybridized carbons (Fsp3) is 0.333. The summed E-state index contributed by atoms with van der Waals surface area (Å²) in [7, 11) is -3.54. The van der Waals surface area contributed by atoms with Gasteiger partial charge in [-0.05, 0) is 42.7 Å². The van der Waals surface area contributed by atoms with Crippen molar-refractivity contribution < 1.29 is 22.1 Å². The maximum absolute atomic E-state index is 13.1. The average molecular weight is 431 g/mol.